The topological polar surface area (TPSA) is 104 Å². The Hall–Kier alpha value is -4.68. The average Bonchev–Trinajstić information content (AvgIpc) is 3.69. The van der Waals surface area contributed by atoms with Crippen molar-refractivity contribution in [1.29, 1.82) is 5.26 Å². The third kappa shape index (κ3) is 5.32. The maximum atomic E-state index is 16.9. The van der Waals surface area contributed by atoms with Crippen molar-refractivity contribution in [2.24, 2.45) is 0 Å². The Labute approximate surface area is 274 Å². The van der Waals surface area contributed by atoms with Gasteiger partial charge in [0.05, 0.1) is 21.4 Å². The van der Waals surface area contributed by atoms with E-state index in [9.17, 15) is 27.2 Å². The van der Waals surface area contributed by atoms with Gasteiger partial charge >= 0.3 is 12.2 Å². The molecule has 0 spiro atoms. The van der Waals surface area contributed by atoms with Crippen LogP contribution in [0.15, 0.2) is 42.7 Å². The number of alkyl halides is 4. The predicted octanol–water partition coefficient (Wildman–Crippen LogP) is 7.25. The third-order valence-corrected chi connectivity index (χ3v) is 10.2. The molecule has 2 aliphatic heterocycles. The van der Waals surface area contributed by atoms with Crippen molar-refractivity contribution >= 4 is 43.1 Å². The van der Waals surface area contributed by atoms with Gasteiger partial charge < -0.3 is 15.4 Å². The molecule has 3 aromatic heterocycles. The van der Waals surface area contributed by atoms with Gasteiger partial charge in [0, 0.05) is 55.3 Å². The number of benzene rings is 2. The standard InChI is InChI=1S/C33H27F6N7OS/c1-45(14-17-4-2-8-42-13-17)30-20-10-22(33(37,38)39)25(19-5-6-23(35)28-24(19)21(12-40)29(41)48-28)26(36)27(20)43-31(44-30)47-16-32-7-3-9-46(32)15-18(34)11-32/h2,4-6,8,10,13,18H,3,7,9,11,14-16,41H2,1H3. The zero-order chi connectivity index (χ0) is 34.0. The van der Waals surface area contributed by atoms with Crippen LogP contribution in [0.25, 0.3) is 32.1 Å². The SMILES string of the molecule is CN(Cc1cccnc1)c1nc(OCC23CCCN2CC(F)C3)nc2c(F)c(-c3ccc(F)c4sc(N)c(C#N)c34)c(C(F)(F)F)cc12. The summed E-state index contributed by atoms with van der Waals surface area (Å²) in [5.41, 5.74) is 2.64. The Morgan fingerprint density at radius 1 is 1.23 bits per heavy atom. The van der Waals surface area contributed by atoms with E-state index in [0.717, 1.165) is 24.6 Å². The summed E-state index contributed by atoms with van der Waals surface area (Å²) in [6.07, 6.45) is -1.21. The van der Waals surface area contributed by atoms with Gasteiger partial charge in [-0.2, -0.15) is 28.4 Å². The summed E-state index contributed by atoms with van der Waals surface area (Å²) in [6.45, 7) is 1.11. The number of rotatable bonds is 7. The zero-order valence-electron chi connectivity index (χ0n) is 25.4. The van der Waals surface area contributed by atoms with Crippen molar-refractivity contribution in [2.75, 3.05) is 37.4 Å². The van der Waals surface area contributed by atoms with E-state index in [4.69, 9.17) is 10.5 Å². The molecular weight excluding hydrogens is 656 g/mol. The van der Waals surface area contributed by atoms with Crippen LogP contribution in [0.1, 0.15) is 36.0 Å². The Balaban J connectivity index is 1.45. The minimum absolute atomic E-state index is 0.00189. The smallest absolute Gasteiger partial charge is 0.417 e. The molecule has 2 saturated heterocycles. The van der Waals surface area contributed by atoms with E-state index < -0.39 is 46.2 Å². The molecule has 0 amide bonds. The van der Waals surface area contributed by atoms with Gasteiger partial charge in [0.2, 0.25) is 0 Å². The van der Waals surface area contributed by atoms with E-state index >= 15 is 4.39 Å². The molecule has 2 fully saturated rings. The number of fused-ring (bicyclic) bond motifs is 3. The molecule has 48 heavy (non-hydrogen) atoms. The number of anilines is 2. The number of nitriles is 1. The first kappa shape index (κ1) is 31.9. The van der Waals surface area contributed by atoms with Crippen LogP contribution in [0.4, 0.5) is 37.2 Å². The Kier molecular flexibility index (Phi) is 7.83. The summed E-state index contributed by atoms with van der Waals surface area (Å²) >= 11 is 0.686. The van der Waals surface area contributed by atoms with E-state index in [-0.39, 0.29) is 69.5 Å². The zero-order valence-corrected chi connectivity index (χ0v) is 26.2. The van der Waals surface area contributed by atoms with Crippen LogP contribution in [0.2, 0.25) is 0 Å². The summed E-state index contributed by atoms with van der Waals surface area (Å²) in [5.74, 6) is -2.23. The fourth-order valence-corrected chi connectivity index (χ4v) is 7.98. The van der Waals surface area contributed by atoms with E-state index in [2.05, 4.69) is 15.0 Å². The lowest BCUT2D eigenvalue weighted by Crippen LogP contribution is -2.43. The van der Waals surface area contributed by atoms with Crippen molar-refractivity contribution < 1.29 is 31.1 Å². The average molecular weight is 684 g/mol. The Morgan fingerprint density at radius 3 is 2.77 bits per heavy atom. The van der Waals surface area contributed by atoms with Crippen LogP contribution in [0, 0.1) is 23.0 Å². The number of thiophene rings is 1. The van der Waals surface area contributed by atoms with Gasteiger partial charge in [0.15, 0.2) is 5.82 Å². The van der Waals surface area contributed by atoms with E-state index in [1.807, 2.05) is 11.0 Å². The van der Waals surface area contributed by atoms with Crippen molar-refractivity contribution in [3.63, 3.8) is 0 Å². The molecule has 5 aromatic rings. The first-order valence-electron chi connectivity index (χ1n) is 15.0. The highest BCUT2D eigenvalue weighted by Gasteiger charge is 2.49. The molecule has 2 atom stereocenters. The van der Waals surface area contributed by atoms with Crippen LogP contribution < -0.4 is 15.4 Å². The summed E-state index contributed by atoms with van der Waals surface area (Å²) in [6, 6.07) is 7.65. The molecule has 15 heteroatoms. The molecule has 2 unspecified atom stereocenters. The minimum atomic E-state index is -5.09. The number of aromatic nitrogens is 3. The van der Waals surface area contributed by atoms with Crippen LogP contribution in [-0.4, -0.2) is 58.3 Å². The molecule has 248 valence electrons. The molecule has 7 rings (SSSR count). The van der Waals surface area contributed by atoms with Crippen LogP contribution in [0.3, 0.4) is 0 Å². The first-order chi connectivity index (χ1) is 22.9. The normalized spacial score (nSPS) is 19.6. The largest absolute Gasteiger partial charge is 0.461 e. The molecule has 0 aliphatic carbocycles. The maximum absolute atomic E-state index is 16.9. The second-order valence-corrected chi connectivity index (χ2v) is 13.2. The number of hydrogen-bond acceptors (Lipinski definition) is 9. The van der Waals surface area contributed by atoms with Crippen molar-refractivity contribution in [3.8, 4) is 23.2 Å². The van der Waals surface area contributed by atoms with Crippen LogP contribution in [-0.2, 0) is 12.7 Å². The monoisotopic (exact) mass is 683 g/mol. The highest BCUT2D eigenvalue weighted by atomic mass is 32.1. The quantitative estimate of drug-likeness (QED) is 0.179. The van der Waals surface area contributed by atoms with Crippen molar-refractivity contribution in [1.82, 2.24) is 19.9 Å². The molecule has 8 nitrogen and oxygen atoms in total. The second-order valence-electron chi connectivity index (χ2n) is 12.2. The van der Waals surface area contributed by atoms with Gasteiger partial charge in [0.25, 0.3) is 0 Å². The summed E-state index contributed by atoms with van der Waals surface area (Å²) in [5, 5.41) is 9.19. The van der Waals surface area contributed by atoms with Gasteiger partial charge in [-0.15, -0.1) is 11.3 Å². The fourth-order valence-electron chi connectivity index (χ4n) is 7.03. The Bertz CT molecular complexity index is 2100. The molecule has 0 bridgehead atoms. The highest BCUT2D eigenvalue weighted by Crippen LogP contribution is 2.48. The number of nitrogens with two attached hydrogens (primary N) is 1. The number of pyridine rings is 1. The highest BCUT2D eigenvalue weighted by molar-refractivity contribution is 7.23. The molecule has 0 radical (unpaired) electrons. The molecule has 2 aromatic carbocycles. The number of nitrogens with zero attached hydrogens (tertiary/aromatic N) is 6. The van der Waals surface area contributed by atoms with Gasteiger partial charge in [-0.1, -0.05) is 12.1 Å². The van der Waals surface area contributed by atoms with Gasteiger partial charge in [-0.05, 0) is 48.7 Å². The predicted molar refractivity (Wildman–Crippen MR) is 169 cm³/mol. The van der Waals surface area contributed by atoms with E-state index in [0.29, 0.717) is 29.9 Å². The van der Waals surface area contributed by atoms with Crippen LogP contribution in [0.5, 0.6) is 6.01 Å². The lowest BCUT2D eigenvalue weighted by Gasteiger charge is -2.31. The summed E-state index contributed by atoms with van der Waals surface area (Å²) < 4.78 is 96.7. The van der Waals surface area contributed by atoms with E-state index in [1.54, 1.807) is 31.6 Å². The summed E-state index contributed by atoms with van der Waals surface area (Å²) in [4.78, 5) is 16.4. The van der Waals surface area contributed by atoms with Crippen molar-refractivity contribution in [3.05, 3.63) is 71.1 Å². The number of nitrogen functional groups attached to an aromatic ring is 1. The Morgan fingerprint density at radius 2 is 2.04 bits per heavy atom. The maximum Gasteiger partial charge on any atom is 0.417 e. The van der Waals surface area contributed by atoms with E-state index in [1.165, 1.54) is 4.90 Å². The lowest BCUT2D eigenvalue weighted by molar-refractivity contribution is -0.137. The first-order valence-corrected chi connectivity index (χ1v) is 15.9. The van der Waals surface area contributed by atoms with Gasteiger partial charge in [0.1, 0.15) is 41.0 Å². The van der Waals surface area contributed by atoms with Crippen LogP contribution >= 0.6 is 11.3 Å². The lowest BCUT2D eigenvalue weighted by atomic mass is 9.92. The molecule has 0 saturated carbocycles. The van der Waals surface area contributed by atoms with Gasteiger partial charge in [-0.3, -0.25) is 9.88 Å². The van der Waals surface area contributed by atoms with Gasteiger partial charge in [-0.25, -0.2) is 13.2 Å². The molecular formula is C33H27F6N7OS. The number of hydrogen-bond donors (Lipinski definition) is 1. The number of ether oxygens (including phenoxy) is 1. The summed E-state index contributed by atoms with van der Waals surface area (Å²) in [7, 11) is 1.58. The molecule has 2 N–H and O–H groups in total. The second kappa shape index (κ2) is 11.8. The third-order valence-electron chi connectivity index (χ3n) is 9.13. The van der Waals surface area contributed by atoms with Crippen molar-refractivity contribution in [2.45, 2.75) is 43.7 Å². The molecule has 2 aliphatic rings. The molecule has 5 heterocycles. The number of halogens is 6. The fraction of sp³-hybridized carbons (Fsp3) is 0.333. The minimum Gasteiger partial charge on any atom is -0.461 e.